The van der Waals surface area contributed by atoms with E-state index in [4.69, 9.17) is 0 Å². The van der Waals surface area contributed by atoms with E-state index in [1.165, 1.54) is 12.1 Å². The van der Waals surface area contributed by atoms with E-state index in [2.05, 4.69) is 10.6 Å². The SMILES string of the molecule is CC(C)CNC(=O)NC1(c2cccc(F)c2)CC1. The van der Waals surface area contributed by atoms with E-state index in [-0.39, 0.29) is 17.4 Å². The minimum Gasteiger partial charge on any atom is -0.338 e. The number of hydrogen-bond acceptors (Lipinski definition) is 1. The highest BCUT2D eigenvalue weighted by molar-refractivity contribution is 5.75. The average Bonchev–Trinajstić information content (AvgIpc) is 3.07. The van der Waals surface area contributed by atoms with Gasteiger partial charge in [-0.1, -0.05) is 26.0 Å². The van der Waals surface area contributed by atoms with E-state index in [0.717, 1.165) is 18.4 Å². The standard InChI is InChI=1S/C14H19FN2O/c1-10(2)9-16-13(18)17-14(6-7-14)11-4-3-5-12(15)8-11/h3-5,8,10H,6-7,9H2,1-2H3,(H2,16,17,18). The molecule has 0 aliphatic heterocycles. The number of halogens is 1. The van der Waals surface area contributed by atoms with Crippen LogP contribution in [-0.2, 0) is 5.54 Å². The van der Waals surface area contributed by atoms with Crippen molar-refractivity contribution in [3.05, 3.63) is 35.6 Å². The van der Waals surface area contributed by atoms with Crippen LogP contribution in [0.25, 0.3) is 0 Å². The summed E-state index contributed by atoms with van der Waals surface area (Å²) in [4.78, 5) is 11.7. The molecule has 1 fully saturated rings. The number of rotatable bonds is 4. The number of nitrogens with one attached hydrogen (secondary N) is 2. The first kappa shape index (κ1) is 12.9. The van der Waals surface area contributed by atoms with Gasteiger partial charge in [-0.3, -0.25) is 0 Å². The molecule has 98 valence electrons. The van der Waals surface area contributed by atoms with Crippen molar-refractivity contribution in [3.63, 3.8) is 0 Å². The maximum Gasteiger partial charge on any atom is 0.315 e. The third kappa shape index (κ3) is 3.00. The number of amides is 2. The van der Waals surface area contributed by atoms with Gasteiger partial charge in [0.15, 0.2) is 0 Å². The lowest BCUT2D eigenvalue weighted by Gasteiger charge is -2.19. The number of urea groups is 1. The molecule has 3 nitrogen and oxygen atoms in total. The molecule has 1 aromatic carbocycles. The monoisotopic (exact) mass is 250 g/mol. The largest absolute Gasteiger partial charge is 0.338 e. The van der Waals surface area contributed by atoms with Crippen LogP contribution in [0.3, 0.4) is 0 Å². The Morgan fingerprint density at radius 1 is 1.44 bits per heavy atom. The Morgan fingerprint density at radius 2 is 2.17 bits per heavy atom. The first-order valence-electron chi connectivity index (χ1n) is 6.34. The van der Waals surface area contributed by atoms with Crippen molar-refractivity contribution in [2.75, 3.05) is 6.54 Å². The fourth-order valence-electron chi connectivity index (χ4n) is 1.96. The van der Waals surface area contributed by atoms with Crippen molar-refractivity contribution >= 4 is 6.03 Å². The second kappa shape index (κ2) is 4.96. The first-order valence-corrected chi connectivity index (χ1v) is 6.34. The van der Waals surface area contributed by atoms with Crippen LogP contribution in [0.2, 0.25) is 0 Å². The molecule has 0 heterocycles. The molecule has 2 rings (SSSR count). The molecule has 0 atom stereocenters. The van der Waals surface area contributed by atoms with Crippen LogP contribution in [0.15, 0.2) is 24.3 Å². The molecule has 0 saturated heterocycles. The Morgan fingerprint density at radius 3 is 2.72 bits per heavy atom. The van der Waals surface area contributed by atoms with Gasteiger partial charge in [0.2, 0.25) is 0 Å². The van der Waals surface area contributed by atoms with Gasteiger partial charge in [-0.05, 0) is 36.5 Å². The van der Waals surface area contributed by atoms with Crippen molar-refractivity contribution in [2.24, 2.45) is 5.92 Å². The first-order chi connectivity index (χ1) is 8.52. The van der Waals surface area contributed by atoms with Crippen LogP contribution >= 0.6 is 0 Å². The third-order valence-electron chi connectivity index (χ3n) is 3.15. The Kier molecular flexibility index (Phi) is 3.55. The summed E-state index contributed by atoms with van der Waals surface area (Å²) in [6, 6.07) is 6.27. The summed E-state index contributed by atoms with van der Waals surface area (Å²) in [6.07, 6.45) is 1.73. The summed E-state index contributed by atoms with van der Waals surface area (Å²) in [6.45, 7) is 4.73. The second-order valence-electron chi connectivity index (χ2n) is 5.32. The zero-order chi connectivity index (χ0) is 13.2. The Labute approximate surface area is 107 Å². The Hall–Kier alpha value is -1.58. The molecule has 0 spiro atoms. The van der Waals surface area contributed by atoms with Crippen molar-refractivity contribution < 1.29 is 9.18 Å². The van der Waals surface area contributed by atoms with Gasteiger partial charge in [-0.15, -0.1) is 0 Å². The van der Waals surface area contributed by atoms with Gasteiger partial charge in [0.05, 0.1) is 5.54 Å². The normalized spacial score (nSPS) is 16.4. The van der Waals surface area contributed by atoms with Crippen LogP contribution in [0.5, 0.6) is 0 Å². The Bertz CT molecular complexity index is 441. The van der Waals surface area contributed by atoms with Crippen molar-refractivity contribution in [1.82, 2.24) is 10.6 Å². The fourth-order valence-corrected chi connectivity index (χ4v) is 1.96. The summed E-state index contributed by atoms with van der Waals surface area (Å²) in [5, 5.41) is 5.77. The van der Waals surface area contributed by atoms with Crippen molar-refractivity contribution in [3.8, 4) is 0 Å². The summed E-state index contributed by atoms with van der Waals surface area (Å²) in [5.41, 5.74) is 0.491. The molecule has 0 bridgehead atoms. The number of benzene rings is 1. The van der Waals surface area contributed by atoms with Gasteiger partial charge in [0.25, 0.3) is 0 Å². The number of hydrogen-bond donors (Lipinski definition) is 2. The molecule has 1 aliphatic rings. The molecule has 1 aliphatic carbocycles. The van der Waals surface area contributed by atoms with E-state index in [1.807, 2.05) is 19.9 Å². The molecule has 1 aromatic rings. The lowest BCUT2D eigenvalue weighted by molar-refractivity contribution is 0.234. The molecule has 2 amide bonds. The van der Waals surface area contributed by atoms with E-state index in [9.17, 15) is 9.18 Å². The number of carbonyl (C=O) groups excluding carboxylic acids is 1. The maximum absolute atomic E-state index is 13.2. The minimum absolute atomic E-state index is 0.175. The van der Waals surface area contributed by atoms with E-state index < -0.39 is 0 Å². The summed E-state index contributed by atoms with van der Waals surface area (Å²) in [7, 11) is 0. The third-order valence-corrected chi connectivity index (χ3v) is 3.15. The molecule has 2 N–H and O–H groups in total. The highest BCUT2D eigenvalue weighted by atomic mass is 19.1. The number of carbonyl (C=O) groups is 1. The smallest absolute Gasteiger partial charge is 0.315 e. The predicted molar refractivity (Wildman–Crippen MR) is 68.7 cm³/mol. The van der Waals surface area contributed by atoms with Crippen LogP contribution < -0.4 is 10.6 Å². The molecule has 1 saturated carbocycles. The molecule has 18 heavy (non-hydrogen) atoms. The predicted octanol–water partition coefficient (Wildman–Crippen LogP) is 2.77. The van der Waals surface area contributed by atoms with Gasteiger partial charge >= 0.3 is 6.03 Å². The highest BCUT2D eigenvalue weighted by Gasteiger charge is 2.45. The molecule has 4 heteroatoms. The summed E-state index contributed by atoms with van der Waals surface area (Å²) in [5.74, 6) is 0.156. The van der Waals surface area contributed by atoms with E-state index in [1.54, 1.807) is 6.07 Å². The second-order valence-corrected chi connectivity index (χ2v) is 5.32. The van der Waals surface area contributed by atoms with E-state index >= 15 is 0 Å². The van der Waals surface area contributed by atoms with Crippen molar-refractivity contribution in [2.45, 2.75) is 32.2 Å². The van der Waals surface area contributed by atoms with E-state index in [0.29, 0.717) is 12.5 Å². The molecular weight excluding hydrogens is 231 g/mol. The van der Waals surface area contributed by atoms with Gasteiger partial charge < -0.3 is 10.6 Å². The fraction of sp³-hybridized carbons (Fsp3) is 0.500. The lowest BCUT2D eigenvalue weighted by atomic mass is 10.1. The summed E-state index contributed by atoms with van der Waals surface area (Å²) < 4.78 is 13.2. The van der Waals surface area contributed by atoms with Gasteiger partial charge in [-0.2, -0.15) is 0 Å². The topological polar surface area (TPSA) is 41.1 Å². The average molecular weight is 250 g/mol. The van der Waals surface area contributed by atoms with Crippen molar-refractivity contribution in [1.29, 1.82) is 0 Å². The molecular formula is C14H19FN2O. The van der Waals surface area contributed by atoms with Gasteiger partial charge in [-0.25, -0.2) is 9.18 Å². The zero-order valence-electron chi connectivity index (χ0n) is 10.8. The van der Waals surface area contributed by atoms with Gasteiger partial charge in [0.1, 0.15) is 5.82 Å². The van der Waals surface area contributed by atoms with Gasteiger partial charge in [0, 0.05) is 6.54 Å². The minimum atomic E-state index is -0.358. The highest BCUT2D eigenvalue weighted by Crippen LogP contribution is 2.45. The van der Waals surface area contributed by atoms with Crippen LogP contribution in [0.1, 0.15) is 32.3 Å². The van der Waals surface area contributed by atoms with Crippen LogP contribution in [-0.4, -0.2) is 12.6 Å². The molecule has 0 aromatic heterocycles. The molecule has 0 unspecified atom stereocenters. The van der Waals surface area contributed by atoms with Crippen LogP contribution in [0.4, 0.5) is 9.18 Å². The van der Waals surface area contributed by atoms with Crippen LogP contribution in [0, 0.1) is 11.7 Å². The Balaban J connectivity index is 1.98. The zero-order valence-corrected chi connectivity index (χ0v) is 10.8. The summed E-state index contributed by atoms with van der Waals surface area (Å²) >= 11 is 0. The maximum atomic E-state index is 13.2. The lowest BCUT2D eigenvalue weighted by Crippen LogP contribution is -2.43. The quantitative estimate of drug-likeness (QED) is 0.847. The molecule has 0 radical (unpaired) electrons.